The van der Waals surface area contributed by atoms with E-state index in [2.05, 4.69) is 5.32 Å². The van der Waals surface area contributed by atoms with E-state index in [1.54, 1.807) is 4.90 Å². The second kappa shape index (κ2) is 8.01. The van der Waals surface area contributed by atoms with Crippen LogP contribution >= 0.6 is 0 Å². The molecule has 1 N–H and O–H groups in total. The molecule has 5 aliphatic rings. The highest BCUT2D eigenvalue weighted by molar-refractivity contribution is 7.89. The van der Waals surface area contributed by atoms with E-state index in [0.717, 1.165) is 32.1 Å². The van der Waals surface area contributed by atoms with Crippen LogP contribution in [0.1, 0.15) is 45.4 Å². The highest BCUT2D eigenvalue weighted by Gasteiger charge is 2.61. The smallest absolute Gasteiger partial charge is 0.269 e. The van der Waals surface area contributed by atoms with Gasteiger partial charge in [0, 0.05) is 50.8 Å². The molecule has 34 heavy (non-hydrogen) atoms. The number of hydrogen-bond donors (Lipinski definition) is 1. The zero-order chi connectivity index (χ0) is 24.3. The maximum Gasteiger partial charge on any atom is 0.269 e. The summed E-state index contributed by atoms with van der Waals surface area (Å²) in [5, 5.41) is 14.0. The molecule has 6 rings (SSSR count). The number of amides is 2. The highest BCUT2D eigenvalue weighted by atomic mass is 32.2. The minimum atomic E-state index is -3.80. The van der Waals surface area contributed by atoms with E-state index in [1.807, 2.05) is 0 Å². The van der Waals surface area contributed by atoms with E-state index < -0.39 is 20.4 Å². The lowest BCUT2D eigenvalue weighted by Gasteiger charge is -2.62. The van der Waals surface area contributed by atoms with Gasteiger partial charge < -0.3 is 10.2 Å². The summed E-state index contributed by atoms with van der Waals surface area (Å²) in [6.45, 7) is 2.54. The second-order valence-corrected chi connectivity index (χ2v) is 12.6. The third-order valence-electron chi connectivity index (χ3n) is 8.17. The molecule has 0 radical (unpaired) electrons. The zero-order valence-electron chi connectivity index (χ0n) is 19.2. The number of hydrogen-bond acceptors (Lipinski definition) is 6. The summed E-state index contributed by atoms with van der Waals surface area (Å²) in [4.78, 5) is 37.8. The fraction of sp³-hybridized carbons (Fsp3) is 0.652. The van der Waals surface area contributed by atoms with Crippen LogP contribution in [0.3, 0.4) is 0 Å². The first-order chi connectivity index (χ1) is 16.0. The van der Waals surface area contributed by atoms with Crippen molar-refractivity contribution in [2.45, 2.75) is 55.9 Å². The number of rotatable bonds is 5. The van der Waals surface area contributed by atoms with Crippen molar-refractivity contribution >= 4 is 27.5 Å². The Kier molecular flexibility index (Phi) is 5.47. The minimum Gasteiger partial charge on any atom is -0.351 e. The van der Waals surface area contributed by atoms with Gasteiger partial charge in [-0.15, -0.1) is 0 Å². The SMILES string of the molecule is CC(=O)NC12C[C@@H]3C[C@@H](C1)CC(C(=O)N1CCN(S(=O)(=O)c4ccc([N+](=O)[O-])cc4)CC1)(C3)C2. The molecule has 1 aromatic rings. The van der Waals surface area contributed by atoms with Gasteiger partial charge in [0.25, 0.3) is 5.69 Å². The van der Waals surface area contributed by atoms with Crippen LogP contribution < -0.4 is 5.32 Å². The number of non-ortho nitro benzene ring substituents is 1. The minimum absolute atomic E-state index is 0.0104. The van der Waals surface area contributed by atoms with Gasteiger partial charge in [-0.25, -0.2) is 8.42 Å². The molecular formula is C23H30N4O6S. The van der Waals surface area contributed by atoms with E-state index >= 15 is 0 Å². The summed E-state index contributed by atoms with van der Waals surface area (Å²) in [6, 6.07) is 4.87. The molecule has 1 heterocycles. The van der Waals surface area contributed by atoms with Gasteiger partial charge in [-0.3, -0.25) is 19.7 Å². The Bertz CT molecular complexity index is 1110. The average Bonchev–Trinajstić information content (AvgIpc) is 2.77. The van der Waals surface area contributed by atoms with Crippen LogP contribution in [0.15, 0.2) is 29.2 Å². The summed E-state index contributed by atoms with van der Waals surface area (Å²) in [7, 11) is -3.80. The van der Waals surface area contributed by atoms with E-state index in [4.69, 9.17) is 0 Å². The van der Waals surface area contributed by atoms with Gasteiger partial charge in [0.1, 0.15) is 0 Å². The molecule has 0 unspecified atom stereocenters. The average molecular weight is 491 g/mol. The van der Waals surface area contributed by atoms with Crippen LogP contribution in [0.25, 0.3) is 0 Å². The number of benzene rings is 1. The molecule has 1 aliphatic heterocycles. The molecule has 10 nitrogen and oxygen atoms in total. The maximum absolute atomic E-state index is 13.8. The first-order valence-corrected chi connectivity index (χ1v) is 13.3. The number of piperazine rings is 1. The van der Waals surface area contributed by atoms with Crippen molar-refractivity contribution in [3.05, 3.63) is 34.4 Å². The lowest BCUT2D eigenvalue weighted by atomic mass is 9.46. The number of nitro benzene ring substituents is 1. The molecule has 0 aromatic heterocycles. The summed E-state index contributed by atoms with van der Waals surface area (Å²) < 4.78 is 27.4. The first kappa shape index (κ1) is 23.2. The Morgan fingerprint density at radius 2 is 1.62 bits per heavy atom. The van der Waals surface area contributed by atoms with Crippen molar-refractivity contribution in [1.82, 2.24) is 14.5 Å². The molecule has 2 atom stereocenters. The Labute approximate surface area is 198 Å². The molecule has 0 spiro atoms. The predicted octanol–water partition coefficient (Wildman–Crippen LogP) is 1.90. The van der Waals surface area contributed by atoms with Gasteiger partial charge in [-0.1, -0.05) is 0 Å². The van der Waals surface area contributed by atoms with Crippen molar-refractivity contribution in [2.75, 3.05) is 26.2 Å². The summed E-state index contributed by atoms with van der Waals surface area (Å²) in [5.41, 5.74) is -0.916. The van der Waals surface area contributed by atoms with Crippen LogP contribution in [-0.4, -0.2) is 66.1 Å². The number of nitrogens with one attached hydrogen (secondary N) is 1. The second-order valence-electron chi connectivity index (χ2n) is 10.7. The van der Waals surface area contributed by atoms with Gasteiger partial charge in [0.2, 0.25) is 21.8 Å². The third kappa shape index (κ3) is 3.88. The number of nitrogens with zero attached hydrogens (tertiary/aromatic N) is 3. The van der Waals surface area contributed by atoms with Crippen molar-refractivity contribution in [3.8, 4) is 0 Å². The fourth-order valence-electron chi connectivity index (χ4n) is 7.39. The monoisotopic (exact) mass is 490 g/mol. The number of carbonyl (C=O) groups is 2. The third-order valence-corrected chi connectivity index (χ3v) is 10.1. The molecule has 184 valence electrons. The largest absolute Gasteiger partial charge is 0.351 e. The fourth-order valence-corrected chi connectivity index (χ4v) is 8.81. The van der Waals surface area contributed by atoms with E-state index in [0.29, 0.717) is 31.3 Å². The van der Waals surface area contributed by atoms with Gasteiger partial charge in [0.15, 0.2) is 0 Å². The van der Waals surface area contributed by atoms with Gasteiger partial charge in [0.05, 0.1) is 15.2 Å². The molecule has 1 aromatic carbocycles. The molecule has 1 saturated heterocycles. The van der Waals surface area contributed by atoms with E-state index in [1.165, 1.54) is 35.5 Å². The van der Waals surface area contributed by atoms with Crippen molar-refractivity contribution < 1.29 is 22.9 Å². The van der Waals surface area contributed by atoms with Gasteiger partial charge in [-0.05, 0) is 62.5 Å². The van der Waals surface area contributed by atoms with Gasteiger partial charge in [-0.2, -0.15) is 4.31 Å². The van der Waals surface area contributed by atoms with Crippen molar-refractivity contribution in [1.29, 1.82) is 0 Å². The van der Waals surface area contributed by atoms with Crippen LogP contribution in [-0.2, 0) is 19.6 Å². The first-order valence-electron chi connectivity index (χ1n) is 11.8. The molecule has 2 amide bonds. The molecular weight excluding hydrogens is 460 g/mol. The Hall–Kier alpha value is -2.53. The zero-order valence-corrected chi connectivity index (χ0v) is 20.1. The molecule has 4 bridgehead atoms. The van der Waals surface area contributed by atoms with Crippen LogP contribution in [0.5, 0.6) is 0 Å². The Morgan fingerprint density at radius 3 is 2.15 bits per heavy atom. The van der Waals surface area contributed by atoms with E-state index in [9.17, 15) is 28.1 Å². The van der Waals surface area contributed by atoms with Crippen LogP contribution in [0.4, 0.5) is 5.69 Å². The lowest BCUT2D eigenvalue weighted by Crippen LogP contribution is -2.66. The molecule has 4 aliphatic carbocycles. The highest BCUT2D eigenvalue weighted by Crippen LogP contribution is 2.62. The number of nitro groups is 1. The number of sulfonamides is 1. The van der Waals surface area contributed by atoms with Crippen LogP contribution in [0, 0.1) is 27.4 Å². The van der Waals surface area contributed by atoms with Gasteiger partial charge >= 0.3 is 0 Å². The van der Waals surface area contributed by atoms with Crippen molar-refractivity contribution in [3.63, 3.8) is 0 Å². The quantitative estimate of drug-likeness (QED) is 0.496. The molecule has 11 heteroatoms. The topological polar surface area (TPSA) is 130 Å². The summed E-state index contributed by atoms with van der Waals surface area (Å²) in [5.74, 6) is 0.944. The Balaban J connectivity index is 1.28. The number of carbonyl (C=O) groups excluding carboxylic acids is 2. The predicted molar refractivity (Wildman–Crippen MR) is 122 cm³/mol. The standard InChI is InChI=1S/C23H30N4O6S/c1-16(28)24-23-13-17-10-18(14-23)12-22(11-17,15-23)21(29)25-6-8-26(9-7-25)34(32,33)20-4-2-19(3-5-20)27(30)31/h2-5,17-18H,6-15H2,1H3,(H,24,28)/t17-,18-,22?,23?/m1/s1. The molecule has 4 saturated carbocycles. The lowest BCUT2D eigenvalue weighted by molar-refractivity contribution is -0.384. The Morgan fingerprint density at radius 1 is 1.03 bits per heavy atom. The van der Waals surface area contributed by atoms with Crippen molar-refractivity contribution in [2.24, 2.45) is 17.3 Å². The van der Waals surface area contributed by atoms with Crippen LogP contribution in [0.2, 0.25) is 0 Å². The maximum atomic E-state index is 13.8. The molecule has 5 fully saturated rings. The van der Waals surface area contributed by atoms with E-state index in [-0.39, 0.29) is 41.0 Å². The summed E-state index contributed by atoms with van der Waals surface area (Å²) in [6.07, 6.45) is 5.39. The summed E-state index contributed by atoms with van der Waals surface area (Å²) >= 11 is 0. The normalized spacial score (nSPS) is 33.0.